The van der Waals surface area contributed by atoms with Gasteiger partial charge >= 0.3 is 12.1 Å². The third-order valence-corrected chi connectivity index (χ3v) is 6.14. The SMILES string of the molecule is O=C(N[C@@H](Cc1c[nH]c2c(O)cccc12)C(=O)O)OCC1c2ccccc2-c2ccccc21. The van der Waals surface area contributed by atoms with E-state index in [1.54, 1.807) is 24.4 Å². The molecule has 7 nitrogen and oxygen atoms in total. The molecule has 0 aliphatic heterocycles. The van der Waals surface area contributed by atoms with Gasteiger partial charge in [-0.3, -0.25) is 0 Å². The van der Waals surface area contributed by atoms with Gasteiger partial charge in [-0.1, -0.05) is 60.7 Å². The number of aromatic amines is 1. The van der Waals surface area contributed by atoms with Gasteiger partial charge in [-0.25, -0.2) is 9.59 Å². The molecule has 4 aromatic rings. The second-order valence-corrected chi connectivity index (χ2v) is 8.08. The van der Waals surface area contributed by atoms with Gasteiger partial charge in [-0.2, -0.15) is 0 Å². The van der Waals surface area contributed by atoms with Gasteiger partial charge in [-0.05, 0) is 33.9 Å². The van der Waals surface area contributed by atoms with Crippen molar-refractivity contribution in [3.05, 3.63) is 89.6 Å². The maximum atomic E-state index is 12.5. The zero-order valence-corrected chi connectivity index (χ0v) is 17.6. The molecule has 33 heavy (non-hydrogen) atoms. The summed E-state index contributed by atoms with van der Waals surface area (Å²) in [5, 5.41) is 22.8. The summed E-state index contributed by atoms with van der Waals surface area (Å²) in [6.07, 6.45) is 0.898. The Hall–Kier alpha value is -4.26. The topological polar surface area (TPSA) is 112 Å². The molecule has 0 saturated carbocycles. The zero-order chi connectivity index (χ0) is 22.9. The molecule has 7 heteroatoms. The highest BCUT2D eigenvalue weighted by atomic mass is 16.5. The van der Waals surface area contributed by atoms with Crippen molar-refractivity contribution in [3.63, 3.8) is 0 Å². The summed E-state index contributed by atoms with van der Waals surface area (Å²) in [5.74, 6) is -1.20. The second kappa shape index (κ2) is 8.35. The minimum atomic E-state index is -1.18. The van der Waals surface area contributed by atoms with E-state index < -0.39 is 18.1 Å². The molecule has 1 aliphatic carbocycles. The number of benzene rings is 3. The molecule has 0 unspecified atom stereocenters. The van der Waals surface area contributed by atoms with Gasteiger partial charge in [-0.15, -0.1) is 0 Å². The zero-order valence-electron chi connectivity index (χ0n) is 17.6. The average Bonchev–Trinajstić information content (AvgIpc) is 3.37. The van der Waals surface area contributed by atoms with E-state index in [4.69, 9.17) is 4.74 Å². The van der Waals surface area contributed by atoms with Crippen molar-refractivity contribution in [1.29, 1.82) is 0 Å². The Morgan fingerprint density at radius 3 is 2.30 bits per heavy atom. The number of para-hydroxylation sites is 1. The minimum absolute atomic E-state index is 0.0446. The molecule has 0 saturated heterocycles. The fourth-order valence-electron chi connectivity index (χ4n) is 4.57. The van der Waals surface area contributed by atoms with Crippen molar-refractivity contribution in [3.8, 4) is 16.9 Å². The maximum Gasteiger partial charge on any atom is 0.407 e. The lowest BCUT2D eigenvalue weighted by atomic mass is 9.98. The molecular weight excluding hydrogens is 420 g/mol. The number of ether oxygens (including phenoxy) is 1. The van der Waals surface area contributed by atoms with Crippen LogP contribution in [0.4, 0.5) is 4.79 Å². The summed E-state index contributed by atoms with van der Waals surface area (Å²) in [6.45, 7) is 0.104. The maximum absolute atomic E-state index is 12.5. The van der Waals surface area contributed by atoms with Crippen LogP contribution in [-0.2, 0) is 16.0 Å². The van der Waals surface area contributed by atoms with Gasteiger partial charge in [0.05, 0.1) is 5.52 Å². The fourth-order valence-corrected chi connectivity index (χ4v) is 4.57. The lowest BCUT2D eigenvalue weighted by Crippen LogP contribution is -2.42. The second-order valence-electron chi connectivity index (χ2n) is 8.08. The van der Waals surface area contributed by atoms with Gasteiger partial charge in [0, 0.05) is 23.9 Å². The first-order chi connectivity index (χ1) is 16.0. The van der Waals surface area contributed by atoms with Crippen LogP contribution in [0.15, 0.2) is 72.9 Å². The molecule has 1 aliphatic rings. The molecule has 1 atom stereocenters. The molecule has 0 spiro atoms. The van der Waals surface area contributed by atoms with Gasteiger partial charge in [0.1, 0.15) is 18.4 Å². The van der Waals surface area contributed by atoms with Crippen LogP contribution < -0.4 is 5.32 Å². The van der Waals surface area contributed by atoms with Gasteiger partial charge in [0.2, 0.25) is 0 Å². The van der Waals surface area contributed by atoms with Crippen LogP contribution in [0.5, 0.6) is 5.75 Å². The molecule has 0 bridgehead atoms. The Morgan fingerprint density at radius 2 is 1.64 bits per heavy atom. The quantitative estimate of drug-likeness (QED) is 0.353. The van der Waals surface area contributed by atoms with E-state index in [0.29, 0.717) is 16.5 Å². The van der Waals surface area contributed by atoms with Crippen molar-refractivity contribution in [2.75, 3.05) is 6.61 Å². The third-order valence-electron chi connectivity index (χ3n) is 6.14. The summed E-state index contributed by atoms with van der Waals surface area (Å²) >= 11 is 0. The van der Waals surface area contributed by atoms with E-state index in [0.717, 1.165) is 22.3 Å². The van der Waals surface area contributed by atoms with Crippen LogP contribution in [0.25, 0.3) is 22.0 Å². The Kier molecular flexibility index (Phi) is 5.22. The Labute approximate surface area is 189 Å². The highest BCUT2D eigenvalue weighted by Crippen LogP contribution is 2.44. The van der Waals surface area contributed by atoms with E-state index in [-0.39, 0.29) is 24.7 Å². The number of fused-ring (bicyclic) bond motifs is 4. The van der Waals surface area contributed by atoms with Crippen LogP contribution >= 0.6 is 0 Å². The molecule has 1 aromatic heterocycles. The monoisotopic (exact) mass is 442 g/mol. The molecule has 3 aromatic carbocycles. The number of aliphatic carboxylic acids is 1. The number of hydrogen-bond donors (Lipinski definition) is 4. The van der Waals surface area contributed by atoms with Crippen LogP contribution in [0, 0.1) is 0 Å². The predicted molar refractivity (Wildman–Crippen MR) is 123 cm³/mol. The summed E-state index contributed by atoms with van der Waals surface area (Å²) in [7, 11) is 0. The molecular formula is C26H22N2O5. The van der Waals surface area contributed by atoms with Crippen LogP contribution in [0.1, 0.15) is 22.6 Å². The number of amides is 1. The normalized spacial score (nSPS) is 13.3. The summed E-state index contributed by atoms with van der Waals surface area (Å²) < 4.78 is 5.48. The summed E-state index contributed by atoms with van der Waals surface area (Å²) in [5.41, 5.74) is 5.60. The first-order valence-corrected chi connectivity index (χ1v) is 10.6. The molecule has 0 fully saturated rings. The fraction of sp³-hybridized carbons (Fsp3) is 0.154. The number of H-pyrrole nitrogens is 1. The number of carbonyl (C=O) groups is 2. The number of hydrogen-bond acceptors (Lipinski definition) is 4. The lowest BCUT2D eigenvalue weighted by Gasteiger charge is -2.17. The number of aromatic hydroxyl groups is 1. The molecule has 0 radical (unpaired) electrons. The average molecular weight is 442 g/mol. The van der Waals surface area contributed by atoms with E-state index in [9.17, 15) is 19.8 Å². The van der Waals surface area contributed by atoms with Crippen molar-refractivity contribution in [2.24, 2.45) is 0 Å². The number of carboxylic acids is 1. The minimum Gasteiger partial charge on any atom is -0.506 e. The number of aromatic nitrogens is 1. The Balaban J connectivity index is 1.29. The van der Waals surface area contributed by atoms with E-state index in [1.807, 2.05) is 48.5 Å². The standard InChI is InChI=1S/C26H22N2O5/c29-23-11-5-10-16-15(13-27-24(16)23)12-22(25(30)31)28-26(32)33-14-21-19-8-3-1-6-17(19)18-7-2-4-9-20(18)21/h1-11,13,21-22,27,29H,12,14H2,(H,28,32)(H,30,31)/t22-/m0/s1. The number of phenols is 1. The van der Waals surface area contributed by atoms with Gasteiger partial charge in [0.15, 0.2) is 0 Å². The Bertz CT molecular complexity index is 1310. The highest BCUT2D eigenvalue weighted by molar-refractivity contribution is 5.89. The number of rotatable bonds is 6. The molecule has 1 amide bonds. The van der Waals surface area contributed by atoms with Crippen molar-refractivity contribution in [1.82, 2.24) is 10.3 Å². The van der Waals surface area contributed by atoms with Crippen LogP contribution in [0.3, 0.4) is 0 Å². The lowest BCUT2D eigenvalue weighted by molar-refractivity contribution is -0.139. The number of alkyl carbamates (subject to hydrolysis) is 1. The first-order valence-electron chi connectivity index (χ1n) is 10.6. The summed E-state index contributed by atoms with van der Waals surface area (Å²) in [4.78, 5) is 27.3. The first kappa shape index (κ1) is 20.6. The summed E-state index contributed by atoms with van der Waals surface area (Å²) in [6, 6.07) is 19.9. The largest absolute Gasteiger partial charge is 0.506 e. The molecule has 4 N–H and O–H groups in total. The van der Waals surface area contributed by atoms with Gasteiger partial charge < -0.3 is 25.3 Å². The van der Waals surface area contributed by atoms with E-state index in [2.05, 4.69) is 10.3 Å². The number of phenolic OH excluding ortho intramolecular Hbond substituents is 1. The van der Waals surface area contributed by atoms with Crippen molar-refractivity contribution in [2.45, 2.75) is 18.4 Å². The van der Waals surface area contributed by atoms with Crippen LogP contribution in [0.2, 0.25) is 0 Å². The van der Waals surface area contributed by atoms with Crippen molar-refractivity contribution < 1.29 is 24.5 Å². The molecule has 166 valence electrons. The smallest absolute Gasteiger partial charge is 0.407 e. The predicted octanol–water partition coefficient (Wildman–Crippen LogP) is 4.41. The third kappa shape index (κ3) is 3.78. The number of carbonyl (C=O) groups excluding carboxylic acids is 1. The number of carboxylic acid groups (broad SMARTS) is 1. The van der Waals surface area contributed by atoms with Gasteiger partial charge in [0.25, 0.3) is 0 Å². The highest BCUT2D eigenvalue weighted by Gasteiger charge is 2.30. The molecule has 5 rings (SSSR count). The number of nitrogens with one attached hydrogen (secondary N) is 2. The van der Waals surface area contributed by atoms with E-state index in [1.165, 1.54) is 0 Å². The van der Waals surface area contributed by atoms with E-state index >= 15 is 0 Å². The Morgan fingerprint density at radius 1 is 0.970 bits per heavy atom. The van der Waals surface area contributed by atoms with Crippen LogP contribution in [-0.4, -0.2) is 39.9 Å². The molecule has 1 heterocycles. The van der Waals surface area contributed by atoms with Crippen molar-refractivity contribution >= 4 is 23.0 Å².